The van der Waals surface area contributed by atoms with Gasteiger partial charge in [-0.15, -0.1) is 11.3 Å². The smallest absolute Gasteiger partial charge is 0.221 e. The van der Waals surface area contributed by atoms with Gasteiger partial charge in [0.2, 0.25) is 5.88 Å². The van der Waals surface area contributed by atoms with E-state index in [1.165, 1.54) is 4.88 Å². The molecule has 2 aromatic heterocycles. The quantitative estimate of drug-likeness (QED) is 0.794. The highest BCUT2D eigenvalue weighted by atomic mass is 35.5. The van der Waals surface area contributed by atoms with Crippen LogP contribution in [0, 0.1) is 13.8 Å². The van der Waals surface area contributed by atoms with E-state index in [0.29, 0.717) is 23.5 Å². The molecular formula is C13H16ClN3OS. The van der Waals surface area contributed by atoms with Gasteiger partial charge in [-0.2, -0.15) is 4.98 Å². The number of hydrogen-bond donors (Lipinski definition) is 0. The third-order valence-electron chi connectivity index (χ3n) is 2.82. The largest absolute Gasteiger partial charge is 0.477 e. The van der Waals surface area contributed by atoms with Crippen molar-refractivity contribution in [1.29, 1.82) is 0 Å². The lowest BCUT2D eigenvalue weighted by Gasteiger charge is -2.09. The van der Waals surface area contributed by atoms with Gasteiger partial charge in [0.1, 0.15) is 11.0 Å². The zero-order valence-corrected chi connectivity index (χ0v) is 12.8. The topological polar surface area (TPSA) is 47.9 Å². The second-order valence-corrected chi connectivity index (χ2v) is 5.47. The maximum absolute atomic E-state index is 6.06. The molecule has 0 unspecified atom stereocenters. The van der Waals surface area contributed by atoms with Gasteiger partial charge in [-0.3, -0.25) is 0 Å². The summed E-state index contributed by atoms with van der Waals surface area (Å²) in [5.74, 6) is 1.29. The summed E-state index contributed by atoms with van der Waals surface area (Å²) >= 11 is 7.71. The van der Waals surface area contributed by atoms with Crippen LogP contribution in [-0.4, -0.2) is 21.6 Å². The van der Waals surface area contributed by atoms with E-state index in [-0.39, 0.29) is 0 Å². The van der Waals surface area contributed by atoms with Crippen molar-refractivity contribution in [2.24, 2.45) is 0 Å². The van der Waals surface area contributed by atoms with Crippen molar-refractivity contribution in [2.45, 2.75) is 33.6 Å². The molecule has 0 radical (unpaired) electrons. The first-order valence-electron chi connectivity index (χ1n) is 6.16. The molecule has 102 valence electrons. The first kappa shape index (κ1) is 14.2. The van der Waals surface area contributed by atoms with E-state index < -0.39 is 0 Å². The number of aromatic nitrogens is 3. The number of nitrogens with zero attached hydrogens (tertiary/aromatic N) is 3. The third kappa shape index (κ3) is 3.42. The van der Waals surface area contributed by atoms with Crippen LogP contribution in [0.2, 0.25) is 5.15 Å². The van der Waals surface area contributed by atoms with E-state index in [4.69, 9.17) is 16.3 Å². The Hall–Kier alpha value is -1.20. The van der Waals surface area contributed by atoms with Gasteiger partial charge in [-0.05, 0) is 13.8 Å². The SMILES string of the molecule is CCc1nc(Cl)c(C)c(OCCc2scnc2C)n1. The molecule has 0 bridgehead atoms. The molecule has 0 saturated heterocycles. The Morgan fingerprint density at radius 3 is 2.74 bits per heavy atom. The van der Waals surface area contributed by atoms with Crippen molar-refractivity contribution in [3.63, 3.8) is 0 Å². The first-order valence-corrected chi connectivity index (χ1v) is 7.42. The Labute approximate surface area is 121 Å². The average molecular weight is 298 g/mol. The van der Waals surface area contributed by atoms with Gasteiger partial charge in [-0.1, -0.05) is 18.5 Å². The van der Waals surface area contributed by atoms with Crippen LogP contribution in [-0.2, 0) is 12.8 Å². The normalized spacial score (nSPS) is 10.7. The van der Waals surface area contributed by atoms with Crippen molar-refractivity contribution < 1.29 is 4.74 Å². The minimum absolute atomic E-state index is 0.468. The van der Waals surface area contributed by atoms with Gasteiger partial charge >= 0.3 is 0 Å². The predicted molar refractivity (Wildman–Crippen MR) is 77.2 cm³/mol. The summed E-state index contributed by atoms with van der Waals surface area (Å²) in [6.45, 7) is 6.44. The minimum atomic E-state index is 0.468. The highest BCUT2D eigenvalue weighted by molar-refractivity contribution is 7.09. The average Bonchev–Trinajstić information content (AvgIpc) is 2.80. The molecule has 0 aliphatic heterocycles. The van der Waals surface area contributed by atoms with Crippen molar-refractivity contribution >= 4 is 22.9 Å². The lowest BCUT2D eigenvalue weighted by atomic mass is 10.3. The Morgan fingerprint density at radius 2 is 2.11 bits per heavy atom. The lowest BCUT2D eigenvalue weighted by Crippen LogP contribution is -2.07. The molecule has 6 heteroatoms. The minimum Gasteiger partial charge on any atom is -0.477 e. The van der Waals surface area contributed by atoms with Crippen molar-refractivity contribution in [2.75, 3.05) is 6.61 Å². The fraction of sp³-hybridized carbons (Fsp3) is 0.462. The van der Waals surface area contributed by atoms with E-state index in [0.717, 1.165) is 24.1 Å². The first-order chi connectivity index (χ1) is 9.11. The summed E-state index contributed by atoms with van der Waals surface area (Å²) in [7, 11) is 0. The van der Waals surface area contributed by atoms with Gasteiger partial charge in [0.25, 0.3) is 0 Å². The number of aryl methyl sites for hydroxylation is 2. The van der Waals surface area contributed by atoms with Crippen LogP contribution in [0.15, 0.2) is 5.51 Å². The summed E-state index contributed by atoms with van der Waals surface area (Å²) in [5, 5.41) is 0.468. The summed E-state index contributed by atoms with van der Waals surface area (Å²) in [5.41, 5.74) is 3.72. The molecule has 0 aliphatic carbocycles. The molecule has 2 rings (SSSR count). The summed E-state index contributed by atoms with van der Waals surface area (Å²) in [4.78, 5) is 14.0. The van der Waals surface area contributed by atoms with Gasteiger partial charge in [0, 0.05) is 23.3 Å². The zero-order valence-electron chi connectivity index (χ0n) is 11.2. The Bertz CT molecular complexity index is 571. The van der Waals surface area contributed by atoms with E-state index in [1.807, 2.05) is 26.3 Å². The zero-order chi connectivity index (χ0) is 13.8. The van der Waals surface area contributed by atoms with Gasteiger partial charge in [-0.25, -0.2) is 9.97 Å². The maximum atomic E-state index is 6.06. The monoisotopic (exact) mass is 297 g/mol. The molecule has 2 heterocycles. The lowest BCUT2D eigenvalue weighted by molar-refractivity contribution is 0.306. The molecule has 0 aromatic carbocycles. The molecule has 4 nitrogen and oxygen atoms in total. The van der Waals surface area contributed by atoms with Crippen LogP contribution in [0.25, 0.3) is 0 Å². The van der Waals surface area contributed by atoms with Crippen LogP contribution in [0.4, 0.5) is 0 Å². The molecule has 2 aromatic rings. The summed E-state index contributed by atoms with van der Waals surface area (Å²) in [6.07, 6.45) is 1.57. The van der Waals surface area contributed by atoms with E-state index >= 15 is 0 Å². The fourth-order valence-corrected chi connectivity index (χ4v) is 2.56. The molecule has 0 amide bonds. The van der Waals surface area contributed by atoms with Crippen LogP contribution in [0.1, 0.15) is 28.9 Å². The standard InChI is InChI=1S/C13H16ClN3OS/c1-4-11-16-12(14)8(2)13(17-11)18-6-5-10-9(3)15-7-19-10/h7H,4-6H2,1-3H3. The molecule has 0 spiro atoms. The van der Waals surface area contributed by atoms with E-state index in [1.54, 1.807) is 11.3 Å². The highest BCUT2D eigenvalue weighted by Crippen LogP contribution is 2.22. The summed E-state index contributed by atoms with van der Waals surface area (Å²) < 4.78 is 5.73. The highest BCUT2D eigenvalue weighted by Gasteiger charge is 2.10. The number of thiazole rings is 1. The van der Waals surface area contributed by atoms with Crippen LogP contribution in [0.3, 0.4) is 0 Å². The van der Waals surface area contributed by atoms with Crippen molar-refractivity contribution in [1.82, 2.24) is 15.0 Å². The molecule has 0 aliphatic rings. The van der Waals surface area contributed by atoms with Crippen molar-refractivity contribution in [3.05, 3.63) is 32.6 Å². The number of rotatable bonds is 5. The number of ether oxygens (including phenoxy) is 1. The molecule has 0 atom stereocenters. The second kappa shape index (κ2) is 6.30. The van der Waals surface area contributed by atoms with E-state index in [9.17, 15) is 0 Å². The summed E-state index contributed by atoms with van der Waals surface area (Å²) in [6, 6.07) is 0. The third-order valence-corrected chi connectivity index (χ3v) is 4.18. The Kier molecular flexibility index (Phi) is 4.71. The van der Waals surface area contributed by atoms with Gasteiger partial charge in [0.15, 0.2) is 0 Å². The molecule has 0 fully saturated rings. The van der Waals surface area contributed by atoms with Gasteiger partial charge < -0.3 is 4.74 Å². The maximum Gasteiger partial charge on any atom is 0.221 e. The van der Waals surface area contributed by atoms with Gasteiger partial charge in [0.05, 0.1) is 17.8 Å². The number of hydrogen-bond acceptors (Lipinski definition) is 5. The molecule has 19 heavy (non-hydrogen) atoms. The Balaban J connectivity index is 2.03. The van der Waals surface area contributed by atoms with Crippen LogP contribution < -0.4 is 4.74 Å². The Morgan fingerprint density at radius 1 is 1.32 bits per heavy atom. The fourth-order valence-electron chi connectivity index (χ4n) is 1.62. The molecular weight excluding hydrogens is 282 g/mol. The number of halogens is 1. The van der Waals surface area contributed by atoms with Crippen LogP contribution >= 0.6 is 22.9 Å². The molecule has 0 N–H and O–H groups in total. The molecule has 0 saturated carbocycles. The van der Waals surface area contributed by atoms with E-state index in [2.05, 4.69) is 15.0 Å². The second-order valence-electron chi connectivity index (χ2n) is 4.17. The van der Waals surface area contributed by atoms with Crippen LogP contribution in [0.5, 0.6) is 5.88 Å². The van der Waals surface area contributed by atoms with Crippen molar-refractivity contribution in [3.8, 4) is 5.88 Å². The predicted octanol–water partition coefficient (Wildman–Crippen LogP) is 3.39.